The van der Waals surface area contributed by atoms with Crippen molar-refractivity contribution < 1.29 is 33.6 Å². The van der Waals surface area contributed by atoms with Crippen LogP contribution < -0.4 is 14.2 Å². The molecular formula is C25H30ClNO7. The van der Waals surface area contributed by atoms with Crippen molar-refractivity contribution >= 4 is 17.6 Å². The first-order chi connectivity index (χ1) is 16.5. The van der Waals surface area contributed by atoms with Crippen molar-refractivity contribution in [2.75, 3.05) is 40.6 Å². The number of nitrogens with zero attached hydrogens (tertiary/aromatic N) is 1. The third-order valence-electron chi connectivity index (χ3n) is 6.52. The van der Waals surface area contributed by atoms with Crippen molar-refractivity contribution in [1.82, 2.24) is 4.98 Å². The summed E-state index contributed by atoms with van der Waals surface area (Å²) in [7, 11) is 3.05. The number of benzene rings is 1. The largest absolute Gasteiger partial charge is 0.481 e. The van der Waals surface area contributed by atoms with Gasteiger partial charge in [-0.3, -0.25) is 0 Å². The predicted molar refractivity (Wildman–Crippen MR) is 126 cm³/mol. The van der Waals surface area contributed by atoms with Gasteiger partial charge in [-0.2, -0.15) is 4.98 Å². The van der Waals surface area contributed by atoms with E-state index in [1.807, 2.05) is 12.1 Å². The standard InChI is InChI=1S/C25H30ClNO7/c1-30-21-14-20(22(26)23(27-21)31-2)19-6-5-18(13-17(19)4-3-16-7-10-33-15-16)34-25(24(28)29)8-11-32-12-9-25/h5-6,13-14,16H,3-4,7-12,15H2,1-2H3,(H,28,29)/t16-/m1/s1. The van der Waals surface area contributed by atoms with E-state index in [9.17, 15) is 9.90 Å². The minimum atomic E-state index is -1.29. The molecule has 0 spiro atoms. The molecule has 0 unspecified atom stereocenters. The Labute approximate surface area is 204 Å². The number of aliphatic carboxylic acids is 1. The molecule has 0 bridgehead atoms. The Morgan fingerprint density at radius 2 is 1.94 bits per heavy atom. The minimum Gasteiger partial charge on any atom is -0.481 e. The summed E-state index contributed by atoms with van der Waals surface area (Å²) in [6, 6.07) is 7.39. The second kappa shape index (κ2) is 10.8. The maximum absolute atomic E-state index is 12.1. The van der Waals surface area contributed by atoms with Crippen LogP contribution in [0.3, 0.4) is 0 Å². The number of carboxylic acids is 1. The number of pyridine rings is 1. The summed E-state index contributed by atoms with van der Waals surface area (Å²) in [6.07, 6.45) is 3.32. The summed E-state index contributed by atoms with van der Waals surface area (Å²) < 4.78 is 27.7. The first kappa shape index (κ1) is 24.6. The van der Waals surface area contributed by atoms with Gasteiger partial charge < -0.3 is 28.8 Å². The molecule has 2 fully saturated rings. The van der Waals surface area contributed by atoms with Gasteiger partial charge in [0.15, 0.2) is 0 Å². The van der Waals surface area contributed by atoms with E-state index in [4.69, 9.17) is 35.3 Å². The van der Waals surface area contributed by atoms with Crippen LogP contribution in [0.15, 0.2) is 24.3 Å². The van der Waals surface area contributed by atoms with Gasteiger partial charge in [-0.25, -0.2) is 4.79 Å². The third-order valence-corrected chi connectivity index (χ3v) is 6.89. The monoisotopic (exact) mass is 491 g/mol. The van der Waals surface area contributed by atoms with Crippen LogP contribution >= 0.6 is 11.6 Å². The lowest BCUT2D eigenvalue weighted by Gasteiger charge is -2.33. The van der Waals surface area contributed by atoms with Crippen LogP contribution in [-0.2, 0) is 20.7 Å². The van der Waals surface area contributed by atoms with Crippen molar-refractivity contribution in [3.63, 3.8) is 0 Å². The number of carbonyl (C=O) groups is 1. The van der Waals surface area contributed by atoms with Gasteiger partial charge in [-0.15, -0.1) is 0 Å². The van der Waals surface area contributed by atoms with Gasteiger partial charge in [0.1, 0.15) is 10.8 Å². The summed E-state index contributed by atoms with van der Waals surface area (Å²) >= 11 is 6.64. The van der Waals surface area contributed by atoms with Crippen LogP contribution in [0.1, 0.15) is 31.2 Å². The van der Waals surface area contributed by atoms with E-state index in [0.29, 0.717) is 48.6 Å². The van der Waals surface area contributed by atoms with Crippen LogP contribution in [0, 0.1) is 5.92 Å². The molecule has 0 saturated carbocycles. The molecule has 2 aliphatic rings. The van der Waals surface area contributed by atoms with E-state index in [1.54, 1.807) is 12.1 Å². The summed E-state index contributed by atoms with van der Waals surface area (Å²) in [5.74, 6) is 0.679. The van der Waals surface area contributed by atoms with Crippen LogP contribution in [0.5, 0.6) is 17.5 Å². The molecule has 3 heterocycles. The summed E-state index contributed by atoms with van der Waals surface area (Å²) in [4.78, 5) is 16.4. The molecule has 0 amide bonds. The molecular weight excluding hydrogens is 462 g/mol. The van der Waals surface area contributed by atoms with E-state index in [-0.39, 0.29) is 5.88 Å². The number of aromatic nitrogens is 1. The van der Waals surface area contributed by atoms with Crippen molar-refractivity contribution in [3.8, 4) is 28.6 Å². The number of carboxylic acid groups (broad SMARTS) is 1. The Bertz CT molecular complexity index is 1020. The molecule has 8 nitrogen and oxygen atoms in total. The van der Waals surface area contributed by atoms with Crippen molar-refractivity contribution in [1.29, 1.82) is 0 Å². The SMILES string of the molecule is COc1cc(-c2ccc(OC3(C(=O)O)CCOCC3)cc2CC[C@@H]2CCOC2)c(Cl)c(OC)n1. The molecule has 1 aromatic heterocycles. The smallest absolute Gasteiger partial charge is 0.348 e. The van der Waals surface area contributed by atoms with E-state index < -0.39 is 11.6 Å². The van der Waals surface area contributed by atoms with Crippen molar-refractivity contribution in [2.24, 2.45) is 5.92 Å². The molecule has 2 saturated heterocycles. The van der Waals surface area contributed by atoms with Gasteiger partial charge in [-0.05, 0) is 48.4 Å². The first-order valence-corrected chi connectivity index (χ1v) is 11.8. The number of aryl methyl sites for hydroxylation is 1. The summed E-state index contributed by atoms with van der Waals surface area (Å²) in [6.45, 7) is 2.25. The zero-order chi connectivity index (χ0) is 24.1. The normalized spacial score (nSPS) is 19.6. The van der Waals surface area contributed by atoms with Crippen LogP contribution in [0.4, 0.5) is 0 Å². The topological polar surface area (TPSA) is 96.3 Å². The van der Waals surface area contributed by atoms with Gasteiger partial charge in [0, 0.05) is 37.7 Å². The maximum atomic E-state index is 12.1. The van der Waals surface area contributed by atoms with Gasteiger partial charge in [-0.1, -0.05) is 17.7 Å². The predicted octanol–water partition coefficient (Wildman–Crippen LogP) is 4.40. The highest BCUT2D eigenvalue weighted by Crippen LogP contribution is 2.40. The number of rotatable bonds is 9. The highest BCUT2D eigenvalue weighted by molar-refractivity contribution is 6.34. The van der Waals surface area contributed by atoms with Crippen LogP contribution in [0.25, 0.3) is 11.1 Å². The van der Waals surface area contributed by atoms with Crippen LogP contribution in [0.2, 0.25) is 5.02 Å². The van der Waals surface area contributed by atoms with E-state index in [2.05, 4.69) is 4.98 Å². The molecule has 34 heavy (non-hydrogen) atoms. The second-order valence-corrected chi connectivity index (χ2v) is 9.01. The molecule has 184 valence electrons. The van der Waals surface area contributed by atoms with Crippen molar-refractivity contribution in [3.05, 3.63) is 34.9 Å². The fourth-order valence-corrected chi connectivity index (χ4v) is 4.76. The number of halogens is 1. The van der Waals surface area contributed by atoms with Crippen LogP contribution in [-0.4, -0.2) is 62.3 Å². The highest BCUT2D eigenvalue weighted by Gasteiger charge is 2.43. The zero-order valence-corrected chi connectivity index (χ0v) is 20.2. The second-order valence-electron chi connectivity index (χ2n) is 8.64. The fourth-order valence-electron chi connectivity index (χ4n) is 4.48. The van der Waals surface area contributed by atoms with E-state index in [1.165, 1.54) is 14.2 Å². The maximum Gasteiger partial charge on any atom is 0.348 e. The lowest BCUT2D eigenvalue weighted by molar-refractivity contribution is -0.163. The molecule has 0 aliphatic carbocycles. The summed E-state index contributed by atoms with van der Waals surface area (Å²) in [5.41, 5.74) is 1.33. The highest BCUT2D eigenvalue weighted by atomic mass is 35.5. The van der Waals surface area contributed by atoms with Gasteiger partial charge >= 0.3 is 5.97 Å². The zero-order valence-electron chi connectivity index (χ0n) is 19.5. The lowest BCUT2D eigenvalue weighted by atomic mass is 9.92. The Hall–Kier alpha value is -2.55. The number of hydrogen-bond acceptors (Lipinski definition) is 7. The number of ether oxygens (including phenoxy) is 5. The van der Waals surface area contributed by atoms with Crippen molar-refractivity contribution in [2.45, 2.75) is 37.7 Å². The van der Waals surface area contributed by atoms with Gasteiger partial charge in [0.05, 0.1) is 27.4 Å². The Morgan fingerprint density at radius 3 is 2.59 bits per heavy atom. The summed E-state index contributed by atoms with van der Waals surface area (Å²) in [5, 5.41) is 10.3. The average molecular weight is 492 g/mol. The molecule has 2 aromatic rings. The Kier molecular flexibility index (Phi) is 7.80. The average Bonchev–Trinajstić information content (AvgIpc) is 3.37. The Balaban J connectivity index is 1.72. The molecule has 1 atom stereocenters. The molecule has 1 aromatic carbocycles. The number of methoxy groups -OCH3 is 2. The van der Waals surface area contributed by atoms with Gasteiger partial charge in [0.25, 0.3) is 0 Å². The fraction of sp³-hybridized carbons (Fsp3) is 0.520. The van der Waals surface area contributed by atoms with E-state index >= 15 is 0 Å². The molecule has 1 N–H and O–H groups in total. The molecule has 2 aliphatic heterocycles. The third kappa shape index (κ3) is 5.24. The molecule has 4 rings (SSSR count). The lowest BCUT2D eigenvalue weighted by Crippen LogP contribution is -2.49. The molecule has 9 heteroatoms. The Morgan fingerprint density at radius 1 is 1.15 bits per heavy atom. The minimum absolute atomic E-state index is 0.276. The van der Waals surface area contributed by atoms with Gasteiger partial charge in [0.2, 0.25) is 17.4 Å². The van der Waals surface area contributed by atoms with E-state index in [0.717, 1.165) is 49.2 Å². The first-order valence-electron chi connectivity index (χ1n) is 11.5. The molecule has 0 radical (unpaired) electrons. The number of hydrogen-bond donors (Lipinski definition) is 1. The quantitative estimate of drug-likeness (QED) is 0.551.